The molecule has 1 aromatic rings. The van der Waals surface area contributed by atoms with E-state index < -0.39 is 17.4 Å². The normalized spacial score (nSPS) is 18.9. The molecule has 6 heteroatoms. The maximum atomic E-state index is 13.6. The number of hydrogen-bond donors (Lipinski definition) is 2. The number of benzene rings is 1. The third-order valence-electron chi connectivity index (χ3n) is 2.80. The van der Waals surface area contributed by atoms with E-state index in [4.69, 9.17) is 20.6 Å². The molecule has 1 saturated heterocycles. The van der Waals surface area contributed by atoms with Crippen LogP contribution in [0.4, 0.5) is 8.78 Å². The fourth-order valence-corrected chi connectivity index (χ4v) is 1.77. The lowest BCUT2D eigenvalue weighted by Gasteiger charge is -2.12. The van der Waals surface area contributed by atoms with Crippen LogP contribution in [0.25, 0.3) is 0 Å². The summed E-state index contributed by atoms with van der Waals surface area (Å²) in [6, 6.07) is 1.98. The molecule has 1 aliphatic heterocycles. The maximum Gasteiger partial charge on any atom is 0.190 e. The zero-order chi connectivity index (χ0) is 13.1. The van der Waals surface area contributed by atoms with Gasteiger partial charge < -0.3 is 15.2 Å². The predicted molar refractivity (Wildman–Crippen MR) is 61.8 cm³/mol. The standard InChI is InChI=1S/C12H14F2N2O2/c13-9-3-8(12(15)16)4-10(14)11(9)18-6-7-1-2-17-5-7/h3-4,7H,1-2,5-6H2,(H3,15,16). The average molecular weight is 256 g/mol. The first-order valence-electron chi connectivity index (χ1n) is 5.62. The van der Waals surface area contributed by atoms with Gasteiger partial charge in [-0.15, -0.1) is 0 Å². The van der Waals surface area contributed by atoms with Crippen molar-refractivity contribution in [3.05, 3.63) is 29.3 Å². The molecule has 3 N–H and O–H groups in total. The van der Waals surface area contributed by atoms with Crippen LogP contribution < -0.4 is 10.5 Å². The van der Waals surface area contributed by atoms with Crippen LogP contribution in [-0.2, 0) is 4.74 Å². The van der Waals surface area contributed by atoms with E-state index in [1.54, 1.807) is 0 Å². The third-order valence-corrected chi connectivity index (χ3v) is 2.80. The van der Waals surface area contributed by atoms with Gasteiger partial charge in [-0.3, -0.25) is 5.41 Å². The Hall–Kier alpha value is -1.69. The molecule has 2 rings (SSSR count). The number of amidine groups is 1. The van der Waals surface area contributed by atoms with E-state index in [1.165, 1.54) is 0 Å². The Kier molecular flexibility index (Phi) is 3.76. The molecule has 0 spiro atoms. The van der Waals surface area contributed by atoms with Crippen molar-refractivity contribution in [1.29, 1.82) is 5.41 Å². The van der Waals surface area contributed by atoms with Crippen molar-refractivity contribution in [3.8, 4) is 5.75 Å². The SMILES string of the molecule is N=C(N)c1cc(F)c(OCC2CCOC2)c(F)c1. The molecule has 0 radical (unpaired) electrons. The zero-order valence-corrected chi connectivity index (χ0v) is 9.71. The van der Waals surface area contributed by atoms with Crippen molar-refractivity contribution in [3.63, 3.8) is 0 Å². The minimum atomic E-state index is -0.848. The molecular formula is C12H14F2N2O2. The van der Waals surface area contributed by atoms with Crippen molar-refractivity contribution in [2.45, 2.75) is 6.42 Å². The van der Waals surface area contributed by atoms with Crippen molar-refractivity contribution in [2.24, 2.45) is 11.7 Å². The van der Waals surface area contributed by atoms with Gasteiger partial charge in [0.15, 0.2) is 17.4 Å². The van der Waals surface area contributed by atoms with E-state index in [-0.39, 0.29) is 23.9 Å². The molecule has 1 aliphatic rings. The minimum Gasteiger partial charge on any atom is -0.487 e. The van der Waals surface area contributed by atoms with Crippen LogP contribution in [-0.4, -0.2) is 25.7 Å². The van der Waals surface area contributed by atoms with E-state index in [1.807, 2.05) is 0 Å². The molecule has 4 nitrogen and oxygen atoms in total. The molecule has 1 heterocycles. The molecule has 1 aromatic carbocycles. The van der Waals surface area contributed by atoms with Crippen LogP contribution in [0.15, 0.2) is 12.1 Å². The average Bonchev–Trinajstić information content (AvgIpc) is 2.80. The largest absolute Gasteiger partial charge is 0.487 e. The van der Waals surface area contributed by atoms with Gasteiger partial charge in [-0.1, -0.05) is 0 Å². The van der Waals surface area contributed by atoms with E-state index in [2.05, 4.69) is 0 Å². The molecule has 0 bridgehead atoms. The molecule has 0 saturated carbocycles. The van der Waals surface area contributed by atoms with Gasteiger partial charge in [0.2, 0.25) is 0 Å². The summed E-state index contributed by atoms with van der Waals surface area (Å²) in [7, 11) is 0. The van der Waals surface area contributed by atoms with Crippen LogP contribution >= 0.6 is 0 Å². The van der Waals surface area contributed by atoms with Crippen LogP contribution in [0.2, 0.25) is 0 Å². The van der Waals surface area contributed by atoms with E-state index in [0.717, 1.165) is 18.6 Å². The number of hydrogen-bond acceptors (Lipinski definition) is 3. The molecule has 0 amide bonds. The van der Waals surface area contributed by atoms with Crippen molar-refractivity contribution in [1.82, 2.24) is 0 Å². The number of ether oxygens (including phenoxy) is 2. The summed E-state index contributed by atoms with van der Waals surface area (Å²) < 4.78 is 37.5. The first-order valence-corrected chi connectivity index (χ1v) is 5.62. The van der Waals surface area contributed by atoms with Crippen molar-refractivity contribution in [2.75, 3.05) is 19.8 Å². The highest BCUT2D eigenvalue weighted by molar-refractivity contribution is 5.95. The second kappa shape index (κ2) is 5.30. The summed E-state index contributed by atoms with van der Waals surface area (Å²) in [5.41, 5.74) is 5.17. The smallest absolute Gasteiger partial charge is 0.190 e. The summed E-state index contributed by atoms with van der Waals surface area (Å²) in [6.45, 7) is 1.42. The summed E-state index contributed by atoms with van der Waals surface area (Å²) in [5, 5.41) is 7.12. The van der Waals surface area contributed by atoms with Crippen molar-refractivity contribution >= 4 is 5.84 Å². The topological polar surface area (TPSA) is 68.3 Å². The summed E-state index contributed by atoms with van der Waals surface area (Å²) in [5.74, 6) is -2.34. The number of nitrogens with one attached hydrogen (secondary N) is 1. The Balaban J connectivity index is 2.10. The summed E-state index contributed by atoms with van der Waals surface area (Å²) in [4.78, 5) is 0. The van der Waals surface area contributed by atoms with Crippen LogP contribution in [0, 0.1) is 23.0 Å². The lowest BCUT2D eigenvalue weighted by molar-refractivity contribution is 0.163. The zero-order valence-electron chi connectivity index (χ0n) is 9.71. The molecule has 0 aromatic heterocycles. The van der Waals surface area contributed by atoms with Gasteiger partial charge in [-0.2, -0.15) is 0 Å². The number of nitrogens with two attached hydrogens (primary N) is 1. The van der Waals surface area contributed by atoms with Gasteiger partial charge in [-0.25, -0.2) is 8.78 Å². The first kappa shape index (κ1) is 12.8. The Morgan fingerprint density at radius 2 is 2.11 bits per heavy atom. The fourth-order valence-electron chi connectivity index (χ4n) is 1.77. The minimum absolute atomic E-state index is 0.00143. The summed E-state index contributed by atoms with van der Waals surface area (Å²) >= 11 is 0. The first-order chi connectivity index (χ1) is 8.58. The van der Waals surface area contributed by atoms with Crippen LogP contribution in [0.3, 0.4) is 0 Å². The Morgan fingerprint density at radius 1 is 1.44 bits per heavy atom. The predicted octanol–water partition coefficient (Wildman–Crippen LogP) is 1.66. The van der Waals surface area contributed by atoms with Crippen LogP contribution in [0.5, 0.6) is 5.75 Å². The number of halogens is 2. The molecule has 1 atom stereocenters. The van der Waals surface area contributed by atoms with E-state index >= 15 is 0 Å². The Labute approximate surface area is 103 Å². The van der Waals surface area contributed by atoms with Gasteiger partial charge >= 0.3 is 0 Å². The lowest BCUT2D eigenvalue weighted by atomic mass is 10.1. The quantitative estimate of drug-likeness (QED) is 0.636. The van der Waals surface area contributed by atoms with Crippen LogP contribution in [0.1, 0.15) is 12.0 Å². The van der Waals surface area contributed by atoms with Gasteiger partial charge in [0.1, 0.15) is 5.84 Å². The maximum absolute atomic E-state index is 13.6. The highest BCUT2D eigenvalue weighted by Gasteiger charge is 2.19. The van der Waals surface area contributed by atoms with E-state index in [9.17, 15) is 8.78 Å². The van der Waals surface area contributed by atoms with Crippen molar-refractivity contribution < 1.29 is 18.3 Å². The fraction of sp³-hybridized carbons (Fsp3) is 0.417. The highest BCUT2D eigenvalue weighted by atomic mass is 19.1. The lowest BCUT2D eigenvalue weighted by Crippen LogP contribution is -2.15. The van der Waals surface area contributed by atoms with Gasteiger partial charge in [0, 0.05) is 18.1 Å². The molecular weight excluding hydrogens is 242 g/mol. The molecule has 0 aliphatic carbocycles. The molecule has 98 valence electrons. The van der Waals surface area contributed by atoms with Gasteiger partial charge in [0.05, 0.1) is 13.2 Å². The Morgan fingerprint density at radius 3 is 2.61 bits per heavy atom. The van der Waals surface area contributed by atoms with Gasteiger partial charge in [0.25, 0.3) is 0 Å². The molecule has 1 fully saturated rings. The second-order valence-corrected chi connectivity index (χ2v) is 4.22. The second-order valence-electron chi connectivity index (χ2n) is 4.22. The van der Waals surface area contributed by atoms with Gasteiger partial charge in [-0.05, 0) is 18.6 Å². The van der Waals surface area contributed by atoms with E-state index in [0.29, 0.717) is 13.2 Å². The molecule has 18 heavy (non-hydrogen) atoms. The highest BCUT2D eigenvalue weighted by Crippen LogP contribution is 2.24. The summed E-state index contributed by atoms with van der Waals surface area (Å²) in [6.07, 6.45) is 0.828. The monoisotopic (exact) mass is 256 g/mol. The number of rotatable bonds is 4. The Bertz CT molecular complexity index is 436. The number of nitrogen functional groups attached to an aromatic ring is 1. The molecule has 1 unspecified atom stereocenters. The third kappa shape index (κ3) is 2.76.